The van der Waals surface area contributed by atoms with Gasteiger partial charge in [0.25, 0.3) is 9.84 Å². The number of rotatable bonds is 4. The van der Waals surface area contributed by atoms with Crippen molar-refractivity contribution < 1.29 is 30.8 Å². The van der Waals surface area contributed by atoms with Crippen LogP contribution in [0.1, 0.15) is 0 Å². The van der Waals surface area contributed by atoms with Crippen LogP contribution in [0.15, 0.2) is 23.1 Å². The first kappa shape index (κ1) is 17.2. The Balaban J connectivity index is 3.21. The summed E-state index contributed by atoms with van der Waals surface area (Å²) < 4.78 is 73.4. The van der Waals surface area contributed by atoms with E-state index in [1.165, 1.54) is 14.1 Å². The third-order valence-corrected chi connectivity index (χ3v) is 3.99. The van der Waals surface area contributed by atoms with Crippen LogP contribution in [0.2, 0.25) is 0 Å². The van der Waals surface area contributed by atoms with Crippen LogP contribution >= 0.6 is 0 Å². The minimum atomic E-state index is -5.73. The van der Waals surface area contributed by atoms with E-state index in [4.69, 9.17) is 0 Å². The zero-order chi connectivity index (χ0) is 16.4. The first-order valence-corrected chi connectivity index (χ1v) is 7.00. The Labute approximate surface area is 118 Å². The predicted octanol–water partition coefficient (Wildman–Crippen LogP) is 1.62. The minimum absolute atomic E-state index is 0.255. The van der Waals surface area contributed by atoms with Crippen molar-refractivity contribution in [2.24, 2.45) is 0 Å². The molecule has 1 aromatic carbocycles. The van der Waals surface area contributed by atoms with E-state index >= 15 is 0 Å². The maximum atomic E-state index is 13.1. The molecule has 118 valence electrons. The summed E-state index contributed by atoms with van der Waals surface area (Å²) in [5.41, 5.74) is -6.06. The Hall–Kier alpha value is -1.84. The van der Waals surface area contributed by atoms with E-state index in [0.29, 0.717) is 0 Å². The highest BCUT2D eigenvalue weighted by Crippen LogP contribution is 2.34. The van der Waals surface area contributed by atoms with Gasteiger partial charge in [-0.3, -0.25) is 4.79 Å². The molecule has 0 fully saturated rings. The lowest BCUT2D eigenvalue weighted by Crippen LogP contribution is -2.30. The Morgan fingerprint density at radius 1 is 1.29 bits per heavy atom. The number of anilines is 1. The smallest absolute Gasteiger partial charge is 0.375 e. The first-order valence-electron chi connectivity index (χ1n) is 5.51. The third kappa shape index (κ3) is 3.84. The fourth-order valence-corrected chi connectivity index (χ4v) is 2.26. The number of nitrogens with zero attached hydrogens (tertiary/aromatic N) is 1. The molecule has 0 saturated heterocycles. The van der Waals surface area contributed by atoms with E-state index in [2.05, 4.69) is 5.32 Å². The van der Waals surface area contributed by atoms with Gasteiger partial charge in [-0.1, -0.05) is 0 Å². The predicted molar refractivity (Wildman–Crippen MR) is 66.8 cm³/mol. The van der Waals surface area contributed by atoms with Gasteiger partial charge >= 0.3 is 5.51 Å². The average molecular weight is 328 g/mol. The van der Waals surface area contributed by atoms with Crippen LogP contribution in [0.25, 0.3) is 0 Å². The molecule has 0 atom stereocenters. The molecule has 21 heavy (non-hydrogen) atoms. The summed E-state index contributed by atoms with van der Waals surface area (Å²) in [6.45, 7) is -0.432. The maximum absolute atomic E-state index is 13.1. The summed E-state index contributed by atoms with van der Waals surface area (Å²) in [7, 11) is -2.89. The maximum Gasteiger partial charge on any atom is 0.501 e. The molecule has 1 amide bonds. The molecular formula is C11H12F4N2O3S. The highest BCUT2D eigenvalue weighted by Gasteiger charge is 2.48. The van der Waals surface area contributed by atoms with Crippen LogP contribution in [0, 0.1) is 5.82 Å². The van der Waals surface area contributed by atoms with Gasteiger partial charge in [-0.2, -0.15) is 13.2 Å². The van der Waals surface area contributed by atoms with E-state index in [0.717, 1.165) is 17.0 Å². The molecule has 5 nitrogen and oxygen atoms in total. The van der Waals surface area contributed by atoms with Gasteiger partial charge in [0.2, 0.25) is 5.91 Å². The standard InChI is InChI=1S/C11H12F4N2O3S/c1-17(2)10(18)6-16-8-4-3-7(12)5-9(8)21(19,20)11(13,14)15/h3-5,16H,6H2,1-2H3. The van der Waals surface area contributed by atoms with Crippen molar-refractivity contribution in [3.05, 3.63) is 24.0 Å². The lowest BCUT2D eigenvalue weighted by Gasteiger charge is -2.15. The fourth-order valence-electron chi connectivity index (χ4n) is 1.32. The van der Waals surface area contributed by atoms with Crippen molar-refractivity contribution in [3.63, 3.8) is 0 Å². The van der Waals surface area contributed by atoms with E-state index < -0.39 is 44.2 Å². The zero-order valence-electron chi connectivity index (χ0n) is 11.0. The number of carbonyl (C=O) groups excluding carboxylic acids is 1. The molecule has 0 aliphatic carbocycles. The number of hydrogen-bond acceptors (Lipinski definition) is 4. The highest BCUT2D eigenvalue weighted by atomic mass is 32.2. The molecule has 10 heteroatoms. The highest BCUT2D eigenvalue weighted by molar-refractivity contribution is 7.92. The number of nitrogens with one attached hydrogen (secondary N) is 1. The number of halogens is 4. The molecule has 0 saturated carbocycles. The van der Waals surface area contributed by atoms with Crippen molar-refractivity contribution in [1.29, 1.82) is 0 Å². The van der Waals surface area contributed by atoms with Gasteiger partial charge in [0.15, 0.2) is 0 Å². The largest absolute Gasteiger partial charge is 0.501 e. The van der Waals surface area contributed by atoms with Gasteiger partial charge < -0.3 is 10.2 Å². The summed E-state index contributed by atoms with van der Waals surface area (Å²) >= 11 is 0. The van der Waals surface area contributed by atoms with Gasteiger partial charge in [-0.05, 0) is 18.2 Å². The van der Waals surface area contributed by atoms with Crippen molar-refractivity contribution in [1.82, 2.24) is 4.90 Å². The van der Waals surface area contributed by atoms with Gasteiger partial charge in [0.05, 0.1) is 12.2 Å². The monoisotopic (exact) mass is 328 g/mol. The van der Waals surface area contributed by atoms with Gasteiger partial charge in [-0.25, -0.2) is 12.8 Å². The molecule has 0 spiro atoms. The van der Waals surface area contributed by atoms with E-state index in [1.54, 1.807) is 0 Å². The molecule has 0 aromatic heterocycles. The second-order valence-electron chi connectivity index (χ2n) is 4.23. The minimum Gasteiger partial charge on any atom is -0.375 e. The molecule has 1 aromatic rings. The third-order valence-electron chi connectivity index (χ3n) is 2.47. The Morgan fingerprint density at radius 3 is 2.33 bits per heavy atom. The molecule has 1 rings (SSSR count). The molecular weight excluding hydrogens is 316 g/mol. The molecule has 0 aliphatic heterocycles. The topological polar surface area (TPSA) is 66.5 Å². The summed E-state index contributed by atoms with van der Waals surface area (Å²) in [6.07, 6.45) is 0. The van der Waals surface area contributed by atoms with E-state index in [-0.39, 0.29) is 6.07 Å². The van der Waals surface area contributed by atoms with Crippen molar-refractivity contribution in [2.45, 2.75) is 10.4 Å². The molecule has 0 bridgehead atoms. The normalized spacial score (nSPS) is 12.1. The number of benzene rings is 1. The summed E-state index contributed by atoms with van der Waals surface area (Å²) in [5, 5.41) is 2.26. The molecule has 0 aliphatic rings. The number of amides is 1. The molecule has 0 unspecified atom stereocenters. The van der Waals surface area contributed by atoms with Crippen LogP contribution < -0.4 is 5.32 Å². The average Bonchev–Trinajstić information content (AvgIpc) is 2.35. The number of sulfone groups is 1. The second kappa shape index (κ2) is 5.88. The van der Waals surface area contributed by atoms with Gasteiger partial charge in [0.1, 0.15) is 10.7 Å². The Morgan fingerprint density at radius 2 is 1.86 bits per heavy atom. The number of carbonyl (C=O) groups is 1. The summed E-state index contributed by atoms with van der Waals surface area (Å²) in [6, 6.07) is 1.88. The summed E-state index contributed by atoms with van der Waals surface area (Å²) in [5.74, 6) is -1.63. The quantitative estimate of drug-likeness (QED) is 0.853. The number of alkyl halides is 3. The van der Waals surface area contributed by atoms with Crippen LogP contribution in [-0.2, 0) is 14.6 Å². The first-order chi connectivity index (χ1) is 9.46. The SMILES string of the molecule is CN(C)C(=O)CNc1ccc(F)cc1S(=O)(=O)C(F)(F)F. The molecule has 0 heterocycles. The van der Waals surface area contributed by atoms with Crippen molar-refractivity contribution in [3.8, 4) is 0 Å². The Kier molecular flexibility index (Phi) is 4.82. The molecule has 0 radical (unpaired) electrons. The lowest BCUT2D eigenvalue weighted by molar-refractivity contribution is -0.126. The number of likely N-dealkylation sites (N-methyl/N-ethyl adjacent to an activating group) is 1. The van der Waals surface area contributed by atoms with E-state index in [1.807, 2.05) is 0 Å². The van der Waals surface area contributed by atoms with E-state index in [9.17, 15) is 30.8 Å². The Bertz CT molecular complexity index is 641. The van der Waals surface area contributed by atoms with Crippen molar-refractivity contribution >= 4 is 21.4 Å². The van der Waals surface area contributed by atoms with Crippen LogP contribution in [0.3, 0.4) is 0 Å². The second-order valence-corrected chi connectivity index (χ2v) is 6.14. The lowest BCUT2D eigenvalue weighted by atomic mass is 10.3. The number of hydrogen-bond donors (Lipinski definition) is 1. The van der Waals surface area contributed by atoms with Crippen LogP contribution in [-0.4, -0.2) is 45.4 Å². The zero-order valence-corrected chi connectivity index (χ0v) is 11.8. The van der Waals surface area contributed by atoms with Gasteiger partial charge in [-0.15, -0.1) is 0 Å². The van der Waals surface area contributed by atoms with Crippen LogP contribution in [0.4, 0.5) is 23.2 Å². The summed E-state index contributed by atoms with van der Waals surface area (Å²) in [4.78, 5) is 11.3. The van der Waals surface area contributed by atoms with Crippen LogP contribution in [0.5, 0.6) is 0 Å². The molecule has 1 N–H and O–H groups in total. The fraction of sp³-hybridized carbons (Fsp3) is 0.364. The van der Waals surface area contributed by atoms with Crippen molar-refractivity contribution in [2.75, 3.05) is 26.0 Å². The van der Waals surface area contributed by atoms with Gasteiger partial charge in [0, 0.05) is 14.1 Å².